The van der Waals surface area contributed by atoms with Crippen LogP contribution in [0.15, 0.2) is 30.6 Å². The lowest BCUT2D eigenvalue weighted by atomic mass is 10.4. The summed E-state index contributed by atoms with van der Waals surface area (Å²) >= 11 is 0. The van der Waals surface area contributed by atoms with Crippen LogP contribution in [0.2, 0.25) is 0 Å². The van der Waals surface area contributed by atoms with Crippen molar-refractivity contribution in [3.8, 4) is 0 Å². The summed E-state index contributed by atoms with van der Waals surface area (Å²) in [5.74, 6) is 0. The van der Waals surface area contributed by atoms with Gasteiger partial charge in [0.05, 0.1) is 17.6 Å². The van der Waals surface area contributed by atoms with E-state index in [-0.39, 0.29) is 0 Å². The topological polar surface area (TPSA) is 34.9 Å². The van der Waals surface area contributed by atoms with Gasteiger partial charge in [0.25, 0.3) is 0 Å². The van der Waals surface area contributed by atoms with Crippen LogP contribution in [0.25, 0.3) is 11.0 Å². The smallest absolute Gasteiger partial charge is 0.139 e. The first-order chi connectivity index (χ1) is 5.92. The van der Waals surface area contributed by atoms with Gasteiger partial charge in [0.15, 0.2) is 0 Å². The number of hydrogen-bond acceptors (Lipinski definition) is 2. The Morgan fingerprint density at radius 2 is 2.42 bits per heavy atom. The van der Waals surface area contributed by atoms with Crippen molar-refractivity contribution in [2.24, 2.45) is 0 Å². The molecule has 2 heterocycles. The van der Waals surface area contributed by atoms with Gasteiger partial charge in [-0.1, -0.05) is 0 Å². The zero-order valence-corrected chi connectivity index (χ0v) is 6.47. The van der Waals surface area contributed by atoms with Crippen LogP contribution in [0.1, 0.15) is 0 Å². The van der Waals surface area contributed by atoms with E-state index < -0.39 is 0 Å². The normalized spacial score (nSPS) is 10.3. The highest BCUT2D eigenvalue weighted by atomic mass is 16.1. The molecule has 0 bridgehead atoms. The van der Waals surface area contributed by atoms with Crippen molar-refractivity contribution in [2.45, 2.75) is 6.54 Å². The molecule has 0 aliphatic heterocycles. The van der Waals surface area contributed by atoms with E-state index >= 15 is 0 Å². The van der Waals surface area contributed by atoms with Gasteiger partial charge < -0.3 is 9.36 Å². The molecule has 12 heavy (non-hydrogen) atoms. The monoisotopic (exact) mass is 160 g/mol. The van der Waals surface area contributed by atoms with Gasteiger partial charge in [0.1, 0.15) is 6.29 Å². The van der Waals surface area contributed by atoms with E-state index in [1.54, 1.807) is 6.20 Å². The molecule has 0 aliphatic carbocycles. The van der Waals surface area contributed by atoms with Gasteiger partial charge in [-0.3, -0.25) is 4.98 Å². The Morgan fingerprint density at radius 1 is 1.50 bits per heavy atom. The summed E-state index contributed by atoms with van der Waals surface area (Å²) in [5.41, 5.74) is 1.93. The zero-order chi connectivity index (χ0) is 8.39. The van der Waals surface area contributed by atoms with Crippen molar-refractivity contribution in [3.05, 3.63) is 30.6 Å². The van der Waals surface area contributed by atoms with Crippen LogP contribution in [0.4, 0.5) is 0 Å². The van der Waals surface area contributed by atoms with Crippen LogP contribution in [-0.2, 0) is 11.3 Å². The van der Waals surface area contributed by atoms with Gasteiger partial charge >= 0.3 is 0 Å². The van der Waals surface area contributed by atoms with E-state index in [9.17, 15) is 4.79 Å². The highest BCUT2D eigenvalue weighted by Gasteiger charge is 1.98. The molecule has 2 rings (SSSR count). The molecule has 0 saturated heterocycles. The predicted octanol–water partition coefficient (Wildman–Crippen LogP) is 1.24. The molecule has 0 spiro atoms. The SMILES string of the molecule is O=CCn1ccc2ncccc21. The third-order valence-corrected chi connectivity index (χ3v) is 1.81. The van der Waals surface area contributed by atoms with Crippen LogP contribution in [0, 0.1) is 0 Å². The summed E-state index contributed by atoms with van der Waals surface area (Å²) in [4.78, 5) is 14.4. The fraction of sp³-hybridized carbons (Fsp3) is 0.111. The lowest BCUT2D eigenvalue weighted by Crippen LogP contribution is -1.95. The molecule has 3 heteroatoms. The van der Waals surface area contributed by atoms with Gasteiger partial charge in [-0.2, -0.15) is 0 Å². The molecule has 3 nitrogen and oxygen atoms in total. The van der Waals surface area contributed by atoms with Gasteiger partial charge in [-0.15, -0.1) is 0 Å². The lowest BCUT2D eigenvalue weighted by Gasteiger charge is -1.96. The number of pyridine rings is 1. The third-order valence-electron chi connectivity index (χ3n) is 1.81. The molecule has 0 aliphatic rings. The van der Waals surface area contributed by atoms with Gasteiger partial charge in [0, 0.05) is 12.4 Å². The van der Waals surface area contributed by atoms with Crippen molar-refractivity contribution >= 4 is 17.3 Å². The molecule has 0 saturated carbocycles. The van der Waals surface area contributed by atoms with Crippen LogP contribution < -0.4 is 0 Å². The summed E-state index contributed by atoms with van der Waals surface area (Å²) in [7, 11) is 0. The number of hydrogen-bond donors (Lipinski definition) is 0. The van der Waals surface area contributed by atoms with E-state index in [0.717, 1.165) is 17.3 Å². The minimum atomic E-state index is 0.398. The first-order valence-corrected chi connectivity index (χ1v) is 3.75. The fourth-order valence-electron chi connectivity index (χ4n) is 1.26. The Balaban J connectivity index is 2.62. The van der Waals surface area contributed by atoms with E-state index in [0.29, 0.717) is 6.54 Å². The largest absolute Gasteiger partial charge is 0.339 e. The van der Waals surface area contributed by atoms with Gasteiger partial charge in [0.2, 0.25) is 0 Å². The second kappa shape index (κ2) is 2.77. The molecule has 0 atom stereocenters. The second-order valence-electron chi connectivity index (χ2n) is 2.54. The zero-order valence-electron chi connectivity index (χ0n) is 6.47. The maximum absolute atomic E-state index is 10.3. The predicted molar refractivity (Wildman–Crippen MR) is 45.8 cm³/mol. The fourth-order valence-corrected chi connectivity index (χ4v) is 1.26. The van der Waals surface area contributed by atoms with Gasteiger partial charge in [-0.25, -0.2) is 0 Å². The Morgan fingerprint density at radius 3 is 3.25 bits per heavy atom. The highest BCUT2D eigenvalue weighted by Crippen LogP contribution is 2.11. The number of carbonyl (C=O) groups excluding carboxylic acids is 1. The van der Waals surface area contributed by atoms with E-state index in [2.05, 4.69) is 4.98 Å². The molecule has 60 valence electrons. The van der Waals surface area contributed by atoms with E-state index in [1.165, 1.54) is 0 Å². The van der Waals surface area contributed by atoms with Crippen molar-refractivity contribution in [3.63, 3.8) is 0 Å². The molecular weight excluding hydrogens is 152 g/mol. The average molecular weight is 160 g/mol. The number of aromatic nitrogens is 2. The number of fused-ring (bicyclic) bond motifs is 1. The minimum Gasteiger partial charge on any atom is -0.339 e. The van der Waals surface area contributed by atoms with Crippen molar-refractivity contribution in [2.75, 3.05) is 0 Å². The number of rotatable bonds is 2. The summed E-state index contributed by atoms with van der Waals surface area (Å²) in [6, 6.07) is 5.72. The minimum absolute atomic E-state index is 0.398. The van der Waals surface area contributed by atoms with Crippen molar-refractivity contribution in [1.29, 1.82) is 0 Å². The standard InChI is InChI=1S/C9H8N2O/c12-7-6-11-5-3-8-9(11)2-1-4-10-8/h1-5,7H,6H2. The average Bonchev–Trinajstić information content (AvgIpc) is 2.50. The molecule has 0 N–H and O–H groups in total. The summed E-state index contributed by atoms with van der Waals surface area (Å²) in [5, 5.41) is 0. The Kier molecular flexibility index (Phi) is 1.63. The first kappa shape index (κ1) is 7.03. The lowest BCUT2D eigenvalue weighted by molar-refractivity contribution is -0.108. The van der Waals surface area contributed by atoms with Crippen LogP contribution in [0.5, 0.6) is 0 Å². The Hall–Kier alpha value is -1.64. The Bertz CT molecular complexity index is 406. The third kappa shape index (κ3) is 0.993. The summed E-state index contributed by atoms with van der Waals surface area (Å²) in [6.45, 7) is 0.398. The van der Waals surface area contributed by atoms with Crippen molar-refractivity contribution in [1.82, 2.24) is 9.55 Å². The number of aldehydes is 1. The maximum Gasteiger partial charge on any atom is 0.139 e. The molecule has 0 fully saturated rings. The second-order valence-corrected chi connectivity index (χ2v) is 2.54. The summed E-state index contributed by atoms with van der Waals surface area (Å²) in [6.07, 6.45) is 4.49. The van der Waals surface area contributed by atoms with Crippen molar-refractivity contribution < 1.29 is 4.79 Å². The molecule has 0 aromatic carbocycles. The first-order valence-electron chi connectivity index (χ1n) is 3.75. The van der Waals surface area contributed by atoms with Crippen LogP contribution >= 0.6 is 0 Å². The highest BCUT2D eigenvalue weighted by molar-refractivity contribution is 5.76. The Labute approximate surface area is 69.6 Å². The molecule has 0 radical (unpaired) electrons. The van der Waals surface area contributed by atoms with Crippen LogP contribution in [0.3, 0.4) is 0 Å². The molecule has 0 amide bonds. The number of carbonyl (C=O) groups is 1. The molecule has 2 aromatic heterocycles. The van der Waals surface area contributed by atoms with E-state index in [4.69, 9.17) is 0 Å². The summed E-state index contributed by atoms with van der Waals surface area (Å²) < 4.78 is 1.87. The molecular formula is C9H8N2O. The van der Waals surface area contributed by atoms with E-state index in [1.807, 2.05) is 29.0 Å². The molecule has 0 unspecified atom stereocenters. The quantitative estimate of drug-likeness (QED) is 0.619. The number of nitrogens with zero attached hydrogens (tertiary/aromatic N) is 2. The van der Waals surface area contributed by atoms with Gasteiger partial charge in [-0.05, 0) is 18.2 Å². The maximum atomic E-state index is 10.3. The molecule has 2 aromatic rings. The van der Waals surface area contributed by atoms with Crippen LogP contribution in [-0.4, -0.2) is 15.8 Å².